The molecule has 0 bridgehead atoms. The van der Waals surface area contributed by atoms with E-state index in [2.05, 4.69) is 5.32 Å². The Morgan fingerprint density at radius 3 is 2.43 bits per heavy atom. The summed E-state index contributed by atoms with van der Waals surface area (Å²) >= 11 is 5.31. The number of nitrogens with zero attached hydrogens (tertiary/aromatic N) is 1. The number of carboxylic acid groups (broad SMARTS) is 1. The lowest BCUT2D eigenvalue weighted by Gasteiger charge is -2.29. The Labute approximate surface area is 219 Å². The number of thiocarbonyl (C=S) groups is 1. The molecule has 8 nitrogen and oxygen atoms in total. The highest BCUT2D eigenvalue weighted by Crippen LogP contribution is 2.34. The van der Waals surface area contributed by atoms with Gasteiger partial charge in [0.1, 0.15) is 12.2 Å². The number of carbonyl (C=O) groups is 3. The molecule has 3 aromatic carbocycles. The fourth-order valence-corrected chi connectivity index (χ4v) is 4.05. The Morgan fingerprint density at radius 1 is 1.05 bits per heavy atom. The number of ether oxygens (including phenoxy) is 2. The second kappa shape index (κ2) is 10.6. The van der Waals surface area contributed by atoms with E-state index in [9.17, 15) is 14.4 Å². The van der Waals surface area contributed by atoms with Crippen LogP contribution in [0.25, 0.3) is 6.08 Å². The number of para-hydroxylation sites is 1. The third-order valence-electron chi connectivity index (χ3n) is 5.96. The highest BCUT2D eigenvalue weighted by atomic mass is 32.1. The van der Waals surface area contributed by atoms with Crippen molar-refractivity contribution in [3.8, 4) is 11.5 Å². The third-order valence-corrected chi connectivity index (χ3v) is 6.25. The SMILES string of the molecule is COc1cccc(/C=C2\C(=O)NC(=S)N(c3ccc(C)c(C)c3)C2=O)c1OCc1ccc(C(=O)O)cc1. The van der Waals surface area contributed by atoms with Gasteiger partial charge >= 0.3 is 5.97 Å². The van der Waals surface area contributed by atoms with E-state index in [1.54, 1.807) is 36.4 Å². The molecule has 0 saturated carbocycles. The summed E-state index contributed by atoms with van der Waals surface area (Å²) in [7, 11) is 1.49. The molecule has 0 aliphatic carbocycles. The van der Waals surface area contributed by atoms with Crippen LogP contribution in [0.2, 0.25) is 0 Å². The average molecular weight is 517 g/mol. The first kappa shape index (κ1) is 25.6. The van der Waals surface area contributed by atoms with Crippen LogP contribution in [0.1, 0.15) is 32.6 Å². The van der Waals surface area contributed by atoms with Gasteiger partial charge < -0.3 is 14.6 Å². The summed E-state index contributed by atoms with van der Waals surface area (Å²) in [6.45, 7) is 4.00. The van der Waals surface area contributed by atoms with Crippen LogP contribution < -0.4 is 19.7 Å². The molecule has 1 heterocycles. The number of aromatic carboxylic acids is 1. The quantitative estimate of drug-likeness (QED) is 0.272. The molecule has 0 radical (unpaired) electrons. The van der Waals surface area contributed by atoms with Crippen LogP contribution in [0, 0.1) is 13.8 Å². The first-order valence-electron chi connectivity index (χ1n) is 11.3. The number of carboxylic acids is 1. The fraction of sp³-hybridized carbons (Fsp3) is 0.143. The van der Waals surface area contributed by atoms with Gasteiger partial charge in [-0.25, -0.2) is 4.79 Å². The largest absolute Gasteiger partial charge is 0.493 e. The van der Waals surface area contributed by atoms with E-state index in [1.165, 1.54) is 30.2 Å². The van der Waals surface area contributed by atoms with Crippen LogP contribution in [0.3, 0.4) is 0 Å². The first-order chi connectivity index (χ1) is 17.7. The number of nitrogens with one attached hydrogen (secondary N) is 1. The van der Waals surface area contributed by atoms with Crippen molar-refractivity contribution in [1.82, 2.24) is 5.32 Å². The van der Waals surface area contributed by atoms with Gasteiger partial charge in [-0.1, -0.05) is 30.3 Å². The number of hydrogen-bond donors (Lipinski definition) is 2. The van der Waals surface area contributed by atoms with E-state index >= 15 is 0 Å². The van der Waals surface area contributed by atoms with Crippen molar-refractivity contribution in [1.29, 1.82) is 0 Å². The Balaban J connectivity index is 1.68. The van der Waals surface area contributed by atoms with E-state index in [4.69, 9.17) is 26.8 Å². The molecule has 4 rings (SSSR count). The van der Waals surface area contributed by atoms with E-state index in [0.29, 0.717) is 22.7 Å². The molecule has 3 aromatic rings. The van der Waals surface area contributed by atoms with Crippen molar-refractivity contribution in [3.63, 3.8) is 0 Å². The van der Waals surface area contributed by atoms with Crippen molar-refractivity contribution in [3.05, 3.63) is 94.1 Å². The lowest BCUT2D eigenvalue weighted by Crippen LogP contribution is -2.54. The van der Waals surface area contributed by atoms with Gasteiger partial charge in [0.15, 0.2) is 16.6 Å². The monoisotopic (exact) mass is 516 g/mol. The summed E-state index contributed by atoms with van der Waals surface area (Å²) in [5, 5.41) is 11.7. The predicted octanol–water partition coefficient (Wildman–Crippen LogP) is 4.42. The topological polar surface area (TPSA) is 105 Å². The second-order valence-electron chi connectivity index (χ2n) is 8.40. The average Bonchev–Trinajstić information content (AvgIpc) is 2.87. The molecule has 0 atom stereocenters. The standard InChI is InChI=1S/C28H24N2O6S/c1-16-7-12-21(13-17(16)2)30-26(32)22(25(31)29-28(30)37)14-20-5-4-6-23(35-3)24(20)36-15-18-8-10-19(11-9-18)27(33)34/h4-14H,15H2,1-3H3,(H,33,34)(H,29,31,37)/b22-14+. The minimum atomic E-state index is -1.02. The molecule has 1 fully saturated rings. The van der Waals surface area contributed by atoms with Crippen LogP contribution in [-0.4, -0.2) is 35.1 Å². The highest BCUT2D eigenvalue weighted by molar-refractivity contribution is 7.80. The van der Waals surface area contributed by atoms with Gasteiger partial charge in [0.25, 0.3) is 11.8 Å². The summed E-state index contributed by atoms with van der Waals surface area (Å²) in [4.78, 5) is 38.7. The van der Waals surface area contributed by atoms with Gasteiger partial charge in [0, 0.05) is 5.56 Å². The molecule has 0 spiro atoms. The number of carbonyl (C=O) groups excluding carboxylic acids is 2. The van der Waals surface area contributed by atoms with Crippen LogP contribution in [0.5, 0.6) is 11.5 Å². The van der Waals surface area contributed by atoms with Gasteiger partial charge in [-0.05, 0) is 79.2 Å². The molecule has 188 valence electrons. The van der Waals surface area contributed by atoms with Crippen molar-refractivity contribution in [2.75, 3.05) is 12.0 Å². The normalized spacial score (nSPS) is 14.5. The van der Waals surface area contributed by atoms with Crippen molar-refractivity contribution in [2.45, 2.75) is 20.5 Å². The van der Waals surface area contributed by atoms with Crippen molar-refractivity contribution < 1.29 is 29.0 Å². The Kier molecular flexibility index (Phi) is 7.35. The van der Waals surface area contributed by atoms with E-state index in [1.807, 2.05) is 26.0 Å². The third kappa shape index (κ3) is 5.36. The molecule has 2 amide bonds. The maximum Gasteiger partial charge on any atom is 0.335 e. The molecule has 9 heteroatoms. The molecular weight excluding hydrogens is 492 g/mol. The number of methoxy groups -OCH3 is 1. The predicted molar refractivity (Wildman–Crippen MR) is 143 cm³/mol. The number of aryl methyl sites for hydroxylation is 2. The molecule has 37 heavy (non-hydrogen) atoms. The zero-order valence-electron chi connectivity index (χ0n) is 20.4. The zero-order valence-corrected chi connectivity index (χ0v) is 21.2. The van der Waals surface area contributed by atoms with Crippen LogP contribution >= 0.6 is 12.2 Å². The summed E-state index contributed by atoms with van der Waals surface area (Å²) in [6.07, 6.45) is 1.44. The number of rotatable bonds is 7. The van der Waals surface area contributed by atoms with E-state index in [0.717, 1.165) is 16.7 Å². The molecule has 1 aliphatic rings. The van der Waals surface area contributed by atoms with Crippen LogP contribution in [-0.2, 0) is 16.2 Å². The summed E-state index contributed by atoms with van der Waals surface area (Å²) in [5.41, 5.74) is 3.83. The number of hydrogen-bond acceptors (Lipinski definition) is 6. The van der Waals surface area contributed by atoms with Gasteiger partial charge in [0.05, 0.1) is 18.4 Å². The maximum absolute atomic E-state index is 13.5. The minimum Gasteiger partial charge on any atom is -0.493 e. The van der Waals surface area contributed by atoms with E-state index < -0.39 is 17.8 Å². The molecule has 0 aromatic heterocycles. The Bertz CT molecular complexity index is 1450. The highest BCUT2D eigenvalue weighted by Gasteiger charge is 2.35. The minimum absolute atomic E-state index is 0.00215. The summed E-state index contributed by atoms with van der Waals surface area (Å²) < 4.78 is 11.5. The molecule has 1 aliphatic heterocycles. The number of anilines is 1. The fourth-order valence-electron chi connectivity index (χ4n) is 3.77. The smallest absolute Gasteiger partial charge is 0.335 e. The molecular formula is C28H24N2O6S. The van der Waals surface area contributed by atoms with Gasteiger partial charge in [0.2, 0.25) is 0 Å². The van der Waals surface area contributed by atoms with Gasteiger partial charge in [-0.3, -0.25) is 19.8 Å². The van der Waals surface area contributed by atoms with Crippen molar-refractivity contribution in [2.24, 2.45) is 0 Å². The summed E-state index contributed by atoms with van der Waals surface area (Å²) in [5.74, 6) is -1.47. The van der Waals surface area contributed by atoms with Crippen molar-refractivity contribution >= 4 is 46.9 Å². The van der Waals surface area contributed by atoms with Gasteiger partial charge in [-0.15, -0.1) is 0 Å². The Hall–Kier alpha value is -4.50. The van der Waals surface area contributed by atoms with Gasteiger partial charge in [-0.2, -0.15) is 0 Å². The van der Waals surface area contributed by atoms with E-state index in [-0.39, 0.29) is 22.9 Å². The number of amides is 2. The number of benzene rings is 3. The summed E-state index contributed by atoms with van der Waals surface area (Å²) in [6, 6.07) is 16.9. The maximum atomic E-state index is 13.5. The van der Waals surface area contributed by atoms with Crippen LogP contribution in [0.15, 0.2) is 66.2 Å². The first-order valence-corrected chi connectivity index (χ1v) is 11.7. The lowest BCUT2D eigenvalue weighted by molar-refractivity contribution is -0.122. The lowest BCUT2D eigenvalue weighted by atomic mass is 10.0. The molecule has 0 unspecified atom stereocenters. The molecule has 1 saturated heterocycles. The molecule has 2 N–H and O–H groups in total. The zero-order chi connectivity index (χ0) is 26.7. The second-order valence-corrected chi connectivity index (χ2v) is 8.78. The Morgan fingerprint density at radius 2 is 1.78 bits per heavy atom. The van der Waals surface area contributed by atoms with Crippen LogP contribution in [0.4, 0.5) is 5.69 Å².